The smallest absolute Gasteiger partial charge is 0.0781 e. The number of rotatable bonds is 24. The molecule has 0 amide bonds. The Labute approximate surface area is 205 Å². The van der Waals surface area contributed by atoms with Crippen LogP contribution in [0.15, 0.2) is 0 Å². The minimum atomic E-state index is -0.146. The number of aliphatic hydroxyl groups excluding tert-OH is 3. The Hall–Kier alpha value is -0.440. The van der Waals surface area contributed by atoms with Crippen LogP contribution in [-0.4, -0.2) is 139 Å². The molecule has 3 N–H and O–H groups in total. The van der Waals surface area contributed by atoms with Gasteiger partial charge in [0.15, 0.2) is 0 Å². The van der Waals surface area contributed by atoms with Crippen molar-refractivity contribution in [2.24, 2.45) is 0 Å². The normalized spacial score (nSPS) is 14.8. The van der Waals surface area contributed by atoms with Gasteiger partial charge in [-0.15, -0.1) is 0 Å². The van der Waals surface area contributed by atoms with Crippen LogP contribution in [0.5, 0.6) is 0 Å². The number of aliphatic hydroxyl groups is 3. The van der Waals surface area contributed by atoms with Crippen molar-refractivity contribution in [1.82, 2.24) is 0 Å². The highest BCUT2D eigenvalue weighted by molar-refractivity contribution is 4.56. The van der Waals surface area contributed by atoms with Gasteiger partial charge >= 0.3 is 0 Å². The molecule has 0 aromatic rings. The van der Waals surface area contributed by atoms with Crippen molar-refractivity contribution in [3.63, 3.8) is 0 Å². The van der Waals surface area contributed by atoms with Crippen LogP contribution in [0.1, 0.15) is 27.7 Å². The summed E-state index contributed by atoms with van der Waals surface area (Å²) in [7, 11) is 1.66. The fraction of sp³-hybridized carbons (Fsp3) is 1.00. The van der Waals surface area contributed by atoms with Crippen molar-refractivity contribution in [1.29, 1.82) is 0 Å². The van der Waals surface area contributed by atoms with E-state index in [0.29, 0.717) is 72.7 Å². The number of ether oxygens (including phenoxy) is 8. The van der Waals surface area contributed by atoms with E-state index >= 15 is 0 Å². The van der Waals surface area contributed by atoms with Crippen molar-refractivity contribution in [2.75, 3.05) is 99.6 Å². The number of methoxy groups -OCH3 is 1. The first-order chi connectivity index (χ1) is 16.4. The van der Waals surface area contributed by atoms with E-state index in [1.165, 1.54) is 0 Å². The second kappa shape index (κ2) is 28.8. The molecule has 0 aliphatic rings. The molecule has 4 atom stereocenters. The molecule has 34 heavy (non-hydrogen) atoms. The van der Waals surface area contributed by atoms with E-state index in [1.54, 1.807) is 7.11 Å². The van der Waals surface area contributed by atoms with Crippen LogP contribution < -0.4 is 0 Å². The Bertz CT molecular complexity index is 343. The molecule has 0 heterocycles. The zero-order valence-corrected chi connectivity index (χ0v) is 21.8. The maximum atomic E-state index is 8.81. The fourth-order valence-electron chi connectivity index (χ4n) is 2.01. The molecule has 0 saturated heterocycles. The van der Waals surface area contributed by atoms with Gasteiger partial charge < -0.3 is 53.2 Å². The van der Waals surface area contributed by atoms with Gasteiger partial charge in [-0.1, -0.05) is 0 Å². The summed E-state index contributed by atoms with van der Waals surface area (Å²) < 4.78 is 42.0. The van der Waals surface area contributed by atoms with Crippen LogP contribution >= 0.6 is 0 Å². The Kier molecular flexibility index (Phi) is 30.3. The van der Waals surface area contributed by atoms with E-state index in [2.05, 4.69) is 0 Å². The molecule has 0 saturated carbocycles. The first kappa shape index (κ1) is 35.7. The number of hydrogen-bond acceptors (Lipinski definition) is 11. The average molecular weight is 503 g/mol. The van der Waals surface area contributed by atoms with Gasteiger partial charge in [0.1, 0.15) is 0 Å². The van der Waals surface area contributed by atoms with E-state index in [9.17, 15) is 0 Å². The first-order valence-electron chi connectivity index (χ1n) is 11.9. The van der Waals surface area contributed by atoms with Crippen LogP contribution in [0.4, 0.5) is 0 Å². The summed E-state index contributed by atoms with van der Waals surface area (Å²) in [6, 6.07) is 0. The fourth-order valence-corrected chi connectivity index (χ4v) is 2.01. The first-order valence-corrected chi connectivity index (χ1v) is 11.9. The topological polar surface area (TPSA) is 135 Å². The highest BCUT2D eigenvalue weighted by Crippen LogP contribution is 2.01. The van der Waals surface area contributed by atoms with Crippen LogP contribution in [0.2, 0.25) is 0 Å². The highest BCUT2D eigenvalue weighted by atomic mass is 16.6. The monoisotopic (exact) mass is 502 g/mol. The minimum Gasteiger partial charge on any atom is -0.394 e. The van der Waals surface area contributed by atoms with E-state index in [-0.39, 0.29) is 44.2 Å². The standard InChI is InChI=1S/C13H28O5.C10H22O6/c1-10(6-14)16-8-12(3)18-9-13(4)17-7-11(2)15-5;11-1-3-13-5-7-15-9-10-16-8-6-14-4-2-12/h10-14H,6-9H2,1-5H3;11-12H,1-10H2. The van der Waals surface area contributed by atoms with Gasteiger partial charge in [-0.3, -0.25) is 0 Å². The second-order valence-electron chi connectivity index (χ2n) is 7.56. The summed E-state index contributed by atoms with van der Waals surface area (Å²) in [5.41, 5.74) is 0. The third kappa shape index (κ3) is 29.6. The zero-order valence-electron chi connectivity index (χ0n) is 21.8. The van der Waals surface area contributed by atoms with Gasteiger partial charge in [-0.25, -0.2) is 0 Å². The van der Waals surface area contributed by atoms with E-state index < -0.39 is 0 Å². The van der Waals surface area contributed by atoms with Crippen molar-refractivity contribution in [3.8, 4) is 0 Å². The average Bonchev–Trinajstić information content (AvgIpc) is 2.85. The Balaban J connectivity index is 0. The molecule has 11 heteroatoms. The lowest BCUT2D eigenvalue weighted by molar-refractivity contribution is -0.0854. The summed E-state index contributed by atoms with van der Waals surface area (Å²) >= 11 is 0. The maximum absolute atomic E-state index is 8.81. The Morgan fingerprint density at radius 3 is 1.12 bits per heavy atom. The van der Waals surface area contributed by atoms with E-state index in [4.69, 9.17) is 53.2 Å². The van der Waals surface area contributed by atoms with Gasteiger partial charge in [0.05, 0.1) is 117 Å². The van der Waals surface area contributed by atoms with Crippen molar-refractivity contribution < 1.29 is 53.2 Å². The van der Waals surface area contributed by atoms with Crippen LogP contribution in [0.3, 0.4) is 0 Å². The second-order valence-corrected chi connectivity index (χ2v) is 7.56. The van der Waals surface area contributed by atoms with Gasteiger partial charge in [0.2, 0.25) is 0 Å². The molecule has 0 aromatic heterocycles. The molecular weight excluding hydrogens is 452 g/mol. The van der Waals surface area contributed by atoms with Gasteiger partial charge in [-0.2, -0.15) is 0 Å². The van der Waals surface area contributed by atoms with E-state index in [0.717, 1.165) is 0 Å². The molecule has 0 bridgehead atoms. The van der Waals surface area contributed by atoms with Crippen molar-refractivity contribution >= 4 is 0 Å². The van der Waals surface area contributed by atoms with Crippen LogP contribution in [0, 0.1) is 0 Å². The Morgan fingerprint density at radius 2 is 0.794 bits per heavy atom. The molecule has 0 aliphatic heterocycles. The van der Waals surface area contributed by atoms with Crippen LogP contribution in [-0.2, 0) is 37.9 Å². The summed E-state index contributed by atoms with van der Waals surface area (Å²) in [6.07, 6.45) is -0.0314. The molecule has 0 radical (unpaired) electrons. The molecule has 0 fully saturated rings. The van der Waals surface area contributed by atoms with E-state index in [1.807, 2.05) is 27.7 Å². The summed E-state index contributed by atoms with van der Waals surface area (Å²) in [5, 5.41) is 25.6. The Morgan fingerprint density at radius 1 is 0.471 bits per heavy atom. The largest absolute Gasteiger partial charge is 0.394 e. The molecular formula is C23H50O11. The van der Waals surface area contributed by atoms with Crippen molar-refractivity contribution in [2.45, 2.75) is 52.1 Å². The van der Waals surface area contributed by atoms with Gasteiger partial charge in [0.25, 0.3) is 0 Å². The minimum absolute atomic E-state index is 0.00935. The lowest BCUT2D eigenvalue weighted by Gasteiger charge is -2.20. The molecule has 0 rings (SSSR count). The third-order valence-corrected chi connectivity index (χ3v) is 4.09. The number of hydrogen-bond donors (Lipinski definition) is 3. The molecule has 0 spiro atoms. The van der Waals surface area contributed by atoms with Crippen molar-refractivity contribution in [3.05, 3.63) is 0 Å². The molecule has 0 aromatic carbocycles. The molecule has 208 valence electrons. The lowest BCUT2D eigenvalue weighted by atomic mass is 10.3. The SMILES string of the molecule is COC(C)COC(C)COC(C)COC(C)CO.OCCOCCOCCOCCOCCO. The summed E-state index contributed by atoms with van der Waals surface area (Å²) in [5.74, 6) is 0. The highest BCUT2D eigenvalue weighted by Gasteiger charge is 2.10. The third-order valence-electron chi connectivity index (χ3n) is 4.09. The predicted octanol–water partition coefficient (Wildman–Crippen LogP) is 0.266. The molecule has 4 unspecified atom stereocenters. The lowest BCUT2D eigenvalue weighted by Crippen LogP contribution is -2.27. The summed E-state index contributed by atoms with van der Waals surface area (Å²) in [6.45, 7) is 13.1. The maximum Gasteiger partial charge on any atom is 0.0781 e. The molecule has 0 aliphatic carbocycles. The van der Waals surface area contributed by atoms with Crippen LogP contribution in [0.25, 0.3) is 0 Å². The predicted molar refractivity (Wildman–Crippen MR) is 127 cm³/mol. The molecule has 11 nitrogen and oxygen atoms in total. The zero-order chi connectivity index (χ0) is 25.9. The summed E-state index contributed by atoms with van der Waals surface area (Å²) in [4.78, 5) is 0. The van der Waals surface area contributed by atoms with Gasteiger partial charge in [-0.05, 0) is 27.7 Å². The van der Waals surface area contributed by atoms with Gasteiger partial charge in [0, 0.05) is 7.11 Å². The quantitative estimate of drug-likeness (QED) is 0.157.